The first-order valence-electron chi connectivity index (χ1n) is 6.58. The van der Waals surface area contributed by atoms with E-state index in [9.17, 15) is 9.59 Å². The van der Waals surface area contributed by atoms with Gasteiger partial charge in [-0.2, -0.15) is 5.10 Å². The van der Waals surface area contributed by atoms with Gasteiger partial charge in [0.05, 0.1) is 17.8 Å². The molecule has 0 atom stereocenters. The summed E-state index contributed by atoms with van der Waals surface area (Å²) in [4.78, 5) is 27.1. The third-order valence-corrected chi connectivity index (χ3v) is 3.80. The van der Waals surface area contributed by atoms with Crippen molar-refractivity contribution in [1.82, 2.24) is 14.6 Å². The fraction of sp³-hybridized carbons (Fsp3) is 0.0667. The molecular formula is C15H9Cl2N3O4. The number of carboxylic acids is 1. The molecule has 3 aromatic rings. The number of hydrogen-bond donors (Lipinski definition) is 1. The van der Waals surface area contributed by atoms with Gasteiger partial charge in [-0.25, -0.2) is 19.1 Å². The van der Waals surface area contributed by atoms with E-state index >= 15 is 0 Å². The third kappa shape index (κ3) is 2.79. The van der Waals surface area contributed by atoms with E-state index in [1.165, 1.54) is 29.8 Å². The van der Waals surface area contributed by atoms with E-state index in [-0.39, 0.29) is 17.0 Å². The van der Waals surface area contributed by atoms with Gasteiger partial charge in [0, 0.05) is 16.7 Å². The number of fused-ring (bicyclic) bond motifs is 1. The van der Waals surface area contributed by atoms with Crippen LogP contribution in [-0.4, -0.2) is 38.8 Å². The minimum atomic E-state index is -1.21. The number of aromatic nitrogens is 3. The van der Waals surface area contributed by atoms with Gasteiger partial charge in [-0.1, -0.05) is 23.2 Å². The van der Waals surface area contributed by atoms with Crippen LogP contribution in [0.4, 0.5) is 0 Å². The molecular weight excluding hydrogens is 357 g/mol. The van der Waals surface area contributed by atoms with E-state index in [1.54, 1.807) is 12.1 Å². The Balaban J connectivity index is 2.34. The van der Waals surface area contributed by atoms with Gasteiger partial charge in [0.1, 0.15) is 0 Å². The number of carbonyl (C=O) groups is 2. The monoisotopic (exact) mass is 365 g/mol. The Morgan fingerprint density at radius 2 is 1.92 bits per heavy atom. The summed E-state index contributed by atoms with van der Waals surface area (Å²) in [6, 6.07) is 7.47. The molecule has 7 nitrogen and oxygen atoms in total. The summed E-state index contributed by atoms with van der Waals surface area (Å²) < 4.78 is 5.97. The lowest BCUT2D eigenvalue weighted by atomic mass is 10.1. The topological polar surface area (TPSA) is 93.8 Å². The van der Waals surface area contributed by atoms with Crippen molar-refractivity contribution in [2.24, 2.45) is 0 Å². The molecule has 0 unspecified atom stereocenters. The Morgan fingerprint density at radius 1 is 1.17 bits per heavy atom. The zero-order valence-corrected chi connectivity index (χ0v) is 13.7. The molecule has 3 rings (SSSR count). The van der Waals surface area contributed by atoms with Gasteiger partial charge >= 0.3 is 11.9 Å². The van der Waals surface area contributed by atoms with Crippen LogP contribution in [-0.2, 0) is 4.74 Å². The van der Waals surface area contributed by atoms with E-state index in [2.05, 4.69) is 14.8 Å². The zero-order valence-electron chi connectivity index (χ0n) is 12.2. The molecule has 0 spiro atoms. The predicted molar refractivity (Wildman–Crippen MR) is 86.7 cm³/mol. The summed E-state index contributed by atoms with van der Waals surface area (Å²) in [5, 5.41) is 13.9. The molecule has 0 fully saturated rings. The number of halogens is 2. The average molecular weight is 366 g/mol. The van der Waals surface area contributed by atoms with Gasteiger partial charge in [0.15, 0.2) is 17.0 Å². The van der Waals surface area contributed by atoms with Crippen molar-refractivity contribution in [2.45, 2.75) is 0 Å². The molecule has 0 aliphatic heterocycles. The van der Waals surface area contributed by atoms with Gasteiger partial charge < -0.3 is 9.84 Å². The van der Waals surface area contributed by atoms with Crippen LogP contribution >= 0.6 is 23.2 Å². The van der Waals surface area contributed by atoms with Gasteiger partial charge in [0.25, 0.3) is 0 Å². The number of esters is 1. The first-order chi connectivity index (χ1) is 11.4. The lowest BCUT2D eigenvalue weighted by molar-refractivity contribution is 0.0593. The number of benzene rings is 1. The number of ether oxygens (including phenoxy) is 1. The van der Waals surface area contributed by atoms with E-state index in [0.717, 1.165) is 0 Å². The van der Waals surface area contributed by atoms with Crippen molar-refractivity contribution in [2.75, 3.05) is 7.11 Å². The van der Waals surface area contributed by atoms with E-state index < -0.39 is 11.9 Å². The zero-order chi connectivity index (χ0) is 17.4. The van der Waals surface area contributed by atoms with Crippen LogP contribution < -0.4 is 0 Å². The lowest BCUT2D eigenvalue weighted by Crippen LogP contribution is -2.08. The second kappa shape index (κ2) is 6.10. The summed E-state index contributed by atoms with van der Waals surface area (Å²) in [5.41, 5.74) is 0.864. The Hall–Kier alpha value is -2.64. The number of hydrogen-bond acceptors (Lipinski definition) is 5. The lowest BCUT2D eigenvalue weighted by Gasteiger charge is -2.09. The van der Waals surface area contributed by atoms with Crippen molar-refractivity contribution in [3.05, 3.63) is 51.8 Å². The fourth-order valence-electron chi connectivity index (χ4n) is 2.18. The Kier molecular flexibility index (Phi) is 4.13. The minimum Gasteiger partial charge on any atom is -0.476 e. The third-order valence-electron chi connectivity index (χ3n) is 3.25. The smallest absolute Gasteiger partial charge is 0.356 e. The molecule has 0 saturated heterocycles. The normalized spacial score (nSPS) is 10.8. The van der Waals surface area contributed by atoms with Crippen LogP contribution in [0.5, 0.6) is 0 Å². The highest BCUT2D eigenvalue weighted by atomic mass is 35.5. The van der Waals surface area contributed by atoms with E-state index in [1.807, 2.05) is 0 Å². The van der Waals surface area contributed by atoms with Crippen LogP contribution in [0.1, 0.15) is 21.0 Å². The summed E-state index contributed by atoms with van der Waals surface area (Å²) in [5.74, 6) is -1.88. The standard InChI is InChI=1S/C15H9Cl2N3O4/c1-24-15(23)11-5-12(8-3-2-7(16)4-9(8)17)20-13(18-11)6-10(19-20)14(21)22/h2-6H,1H3,(H,21,22). The summed E-state index contributed by atoms with van der Waals surface area (Å²) in [7, 11) is 1.22. The van der Waals surface area contributed by atoms with Crippen LogP contribution in [0.2, 0.25) is 10.0 Å². The van der Waals surface area contributed by atoms with Crippen LogP contribution in [0.15, 0.2) is 30.3 Å². The molecule has 2 aromatic heterocycles. The average Bonchev–Trinajstić information content (AvgIpc) is 2.98. The van der Waals surface area contributed by atoms with Crippen molar-refractivity contribution >= 4 is 40.8 Å². The first-order valence-corrected chi connectivity index (χ1v) is 7.34. The molecule has 1 aromatic carbocycles. The number of carboxylic acid groups (broad SMARTS) is 1. The highest BCUT2D eigenvalue weighted by Gasteiger charge is 2.19. The summed E-state index contributed by atoms with van der Waals surface area (Å²) >= 11 is 12.1. The van der Waals surface area contributed by atoms with E-state index in [4.69, 9.17) is 28.3 Å². The molecule has 1 N–H and O–H groups in total. The molecule has 0 aliphatic rings. The second-order valence-electron chi connectivity index (χ2n) is 4.75. The first kappa shape index (κ1) is 16.2. The maximum Gasteiger partial charge on any atom is 0.356 e. The Morgan fingerprint density at radius 3 is 2.54 bits per heavy atom. The maximum atomic E-state index is 11.8. The number of methoxy groups -OCH3 is 1. The molecule has 0 saturated carbocycles. The van der Waals surface area contributed by atoms with E-state index in [0.29, 0.717) is 21.3 Å². The minimum absolute atomic E-state index is 0.00264. The predicted octanol–water partition coefficient (Wildman–Crippen LogP) is 3.19. The quantitative estimate of drug-likeness (QED) is 0.716. The highest BCUT2D eigenvalue weighted by molar-refractivity contribution is 6.36. The largest absolute Gasteiger partial charge is 0.476 e. The SMILES string of the molecule is COC(=O)c1cc(-c2ccc(Cl)cc2Cl)n2nc(C(=O)O)cc2n1. The number of carbonyl (C=O) groups excluding carboxylic acids is 1. The van der Waals surface area contributed by atoms with Gasteiger partial charge in [-0.15, -0.1) is 0 Å². The van der Waals surface area contributed by atoms with Crippen molar-refractivity contribution in [1.29, 1.82) is 0 Å². The molecule has 0 bridgehead atoms. The van der Waals surface area contributed by atoms with Gasteiger partial charge in [-0.3, -0.25) is 0 Å². The van der Waals surface area contributed by atoms with Crippen molar-refractivity contribution < 1.29 is 19.4 Å². The molecule has 122 valence electrons. The summed E-state index contributed by atoms with van der Waals surface area (Å²) in [6.45, 7) is 0. The highest BCUT2D eigenvalue weighted by Crippen LogP contribution is 2.31. The molecule has 24 heavy (non-hydrogen) atoms. The van der Waals surface area contributed by atoms with Crippen molar-refractivity contribution in [3.63, 3.8) is 0 Å². The van der Waals surface area contributed by atoms with Crippen molar-refractivity contribution in [3.8, 4) is 11.3 Å². The fourth-order valence-corrected chi connectivity index (χ4v) is 2.68. The molecule has 2 heterocycles. The number of nitrogens with zero attached hydrogens (tertiary/aromatic N) is 3. The molecule has 0 aliphatic carbocycles. The molecule has 9 heteroatoms. The maximum absolute atomic E-state index is 11.8. The second-order valence-corrected chi connectivity index (χ2v) is 5.59. The van der Waals surface area contributed by atoms with Gasteiger partial charge in [0.2, 0.25) is 0 Å². The molecule has 0 radical (unpaired) electrons. The Bertz CT molecular complexity index is 984. The Labute approximate surface area is 145 Å². The number of rotatable bonds is 3. The van der Waals surface area contributed by atoms with Crippen LogP contribution in [0.3, 0.4) is 0 Å². The van der Waals surface area contributed by atoms with Crippen LogP contribution in [0, 0.1) is 0 Å². The molecule has 0 amide bonds. The summed E-state index contributed by atoms with van der Waals surface area (Å²) in [6.07, 6.45) is 0. The van der Waals surface area contributed by atoms with Crippen LogP contribution in [0.25, 0.3) is 16.9 Å². The van der Waals surface area contributed by atoms with Gasteiger partial charge in [-0.05, 0) is 24.3 Å². The number of aromatic carboxylic acids is 1.